The topological polar surface area (TPSA) is 62.4 Å². The van der Waals surface area contributed by atoms with Crippen LogP contribution in [0.25, 0.3) is 0 Å². The minimum Gasteiger partial charge on any atom is -0.497 e. The van der Waals surface area contributed by atoms with Crippen molar-refractivity contribution >= 4 is 11.7 Å². The standard InChI is InChI=1S/C13H17N3O2/c1-18-9-2-3-10-11(6-9)15-13(17)16-12(10)8-4-5-14-7-8/h2-3,6,8,12,14H,4-5,7H2,1H3,(H2,15,16,17). The van der Waals surface area contributed by atoms with Crippen molar-refractivity contribution in [2.24, 2.45) is 5.92 Å². The Labute approximate surface area is 106 Å². The predicted octanol–water partition coefficient (Wildman–Crippen LogP) is 1.48. The Morgan fingerprint density at radius 3 is 3.00 bits per heavy atom. The normalized spacial score (nSPS) is 26.2. The quantitative estimate of drug-likeness (QED) is 0.742. The molecule has 2 aliphatic rings. The first kappa shape index (κ1) is 11.3. The second-order valence-corrected chi connectivity index (χ2v) is 4.78. The number of carbonyl (C=O) groups is 1. The molecule has 3 N–H and O–H groups in total. The molecule has 2 amide bonds. The number of benzene rings is 1. The Morgan fingerprint density at radius 1 is 1.39 bits per heavy atom. The van der Waals surface area contributed by atoms with E-state index in [0.717, 1.165) is 36.5 Å². The summed E-state index contributed by atoms with van der Waals surface area (Å²) in [6.07, 6.45) is 1.09. The SMILES string of the molecule is COc1ccc2c(c1)NC(=O)NC2C1CCNC1. The van der Waals surface area contributed by atoms with Gasteiger partial charge in [-0.25, -0.2) is 4.79 Å². The van der Waals surface area contributed by atoms with E-state index in [-0.39, 0.29) is 12.1 Å². The number of ether oxygens (including phenoxy) is 1. The van der Waals surface area contributed by atoms with Gasteiger partial charge in [0.05, 0.1) is 18.8 Å². The number of fused-ring (bicyclic) bond motifs is 1. The maximum Gasteiger partial charge on any atom is 0.319 e. The molecule has 2 aliphatic heterocycles. The van der Waals surface area contributed by atoms with Gasteiger partial charge in [-0.2, -0.15) is 0 Å². The first-order chi connectivity index (χ1) is 8.78. The molecule has 2 atom stereocenters. The summed E-state index contributed by atoms with van der Waals surface area (Å²) >= 11 is 0. The molecule has 18 heavy (non-hydrogen) atoms. The van der Waals surface area contributed by atoms with Gasteiger partial charge in [-0.3, -0.25) is 0 Å². The van der Waals surface area contributed by atoms with Gasteiger partial charge in [0, 0.05) is 12.6 Å². The van der Waals surface area contributed by atoms with E-state index in [1.807, 2.05) is 18.2 Å². The van der Waals surface area contributed by atoms with Gasteiger partial charge in [0.1, 0.15) is 5.75 Å². The van der Waals surface area contributed by atoms with Gasteiger partial charge in [0.25, 0.3) is 0 Å². The van der Waals surface area contributed by atoms with Gasteiger partial charge in [0.15, 0.2) is 0 Å². The third-order valence-electron chi connectivity index (χ3n) is 3.70. The molecule has 0 aromatic heterocycles. The van der Waals surface area contributed by atoms with Crippen LogP contribution in [0.5, 0.6) is 5.75 Å². The molecule has 96 valence electrons. The van der Waals surface area contributed by atoms with E-state index in [2.05, 4.69) is 16.0 Å². The third-order valence-corrected chi connectivity index (χ3v) is 3.70. The van der Waals surface area contributed by atoms with Crippen molar-refractivity contribution in [3.8, 4) is 5.75 Å². The number of hydrogen-bond donors (Lipinski definition) is 3. The summed E-state index contributed by atoms with van der Waals surface area (Å²) < 4.78 is 5.19. The summed E-state index contributed by atoms with van der Waals surface area (Å²) in [5.74, 6) is 1.22. The van der Waals surface area contributed by atoms with Crippen LogP contribution >= 0.6 is 0 Å². The Morgan fingerprint density at radius 2 is 2.28 bits per heavy atom. The fourth-order valence-electron chi connectivity index (χ4n) is 2.75. The highest BCUT2D eigenvalue weighted by molar-refractivity contribution is 5.93. The van der Waals surface area contributed by atoms with E-state index < -0.39 is 0 Å². The van der Waals surface area contributed by atoms with Gasteiger partial charge in [-0.05, 0) is 30.5 Å². The molecule has 1 aromatic rings. The highest BCUT2D eigenvalue weighted by Crippen LogP contribution is 2.36. The van der Waals surface area contributed by atoms with Crippen molar-refractivity contribution in [2.75, 3.05) is 25.5 Å². The Hall–Kier alpha value is -1.75. The average Bonchev–Trinajstić information content (AvgIpc) is 2.90. The molecule has 1 aromatic carbocycles. The van der Waals surface area contributed by atoms with Crippen LogP contribution in [0.2, 0.25) is 0 Å². The lowest BCUT2D eigenvalue weighted by Gasteiger charge is -2.31. The molecule has 5 nitrogen and oxygen atoms in total. The fraction of sp³-hybridized carbons (Fsp3) is 0.462. The minimum absolute atomic E-state index is 0.0923. The highest BCUT2D eigenvalue weighted by atomic mass is 16.5. The van der Waals surface area contributed by atoms with Gasteiger partial charge in [0.2, 0.25) is 0 Å². The lowest BCUT2D eigenvalue weighted by atomic mass is 9.90. The smallest absolute Gasteiger partial charge is 0.319 e. The number of nitrogens with one attached hydrogen (secondary N) is 3. The fourth-order valence-corrected chi connectivity index (χ4v) is 2.75. The predicted molar refractivity (Wildman–Crippen MR) is 68.9 cm³/mol. The molecule has 0 bridgehead atoms. The van der Waals surface area contributed by atoms with E-state index in [1.54, 1.807) is 7.11 Å². The molecule has 1 fully saturated rings. The van der Waals surface area contributed by atoms with Crippen LogP contribution in [0.3, 0.4) is 0 Å². The summed E-state index contributed by atoms with van der Waals surface area (Å²) in [6, 6.07) is 5.81. The molecule has 0 aliphatic carbocycles. The molecule has 2 unspecified atom stereocenters. The Balaban J connectivity index is 1.96. The van der Waals surface area contributed by atoms with Crippen molar-refractivity contribution in [1.82, 2.24) is 10.6 Å². The Kier molecular flexibility index (Phi) is 2.83. The monoisotopic (exact) mass is 247 g/mol. The van der Waals surface area contributed by atoms with Crippen molar-refractivity contribution in [3.05, 3.63) is 23.8 Å². The van der Waals surface area contributed by atoms with Gasteiger partial charge in [-0.15, -0.1) is 0 Å². The van der Waals surface area contributed by atoms with Crippen LogP contribution < -0.4 is 20.7 Å². The lowest BCUT2D eigenvalue weighted by molar-refractivity contribution is 0.241. The number of methoxy groups -OCH3 is 1. The molecule has 3 rings (SSSR count). The van der Waals surface area contributed by atoms with Crippen LogP contribution in [0.4, 0.5) is 10.5 Å². The van der Waals surface area contributed by atoms with E-state index >= 15 is 0 Å². The molecule has 2 heterocycles. The number of hydrogen-bond acceptors (Lipinski definition) is 3. The first-order valence-corrected chi connectivity index (χ1v) is 6.24. The van der Waals surface area contributed by atoms with E-state index in [1.165, 1.54) is 0 Å². The van der Waals surface area contributed by atoms with Crippen LogP contribution in [0, 0.1) is 5.92 Å². The lowest BCUT2D eigenvalue weighted by Crippen LogP contribution is -2.41. The number of anilines is 1. The number of carbonyl (C=O) groups excluding carboxylic acids is 1. The van der Waals surface area contributed by atoms with Gasteiger partial charge < -0.3 is 20.7 Å². The molecule has 1 saturated heterocycles. The van der Waals surface area contributed by atoms with Crippen LogP contribution in [0.1, 0.15) is 18.0 Å². The highest BCUT2D eigenvalue weighted by Gasteiger charge is 2.32. The average molecular weight is 247 g/mol. The van der Waals surface area contributed by atoms with Gasteiger partial charge in [-0.1, -0.05) is 6.07 Å². The van der Waals surface area contributed by atoms with E-state index in [4.69, 9.17) is 4.74 Å². The van der Waals surface area contributed by atoms with Crippen LogP contribution in [-0.4, -0.2) is 26.2 Å². The second-order valence-electron chi connectivity index (χ2n) is 4.78. The minimum atomic E-state index is -0.132. The van der Waals surface area contributed by atoms with Crippen molar-refractivity contribution in [1.29, 1.82) is 0 Å². The van der Waals surface area contributed by atoms with Gasteiger partial charge >= 0.3 is 6.03 Å². The van der Waals surface area contributed by atoms with Crippen LogP contribution in [-0.2, 0) is 0 Å². The number of rotatable bonds is 2. The molecule has 0 radical (unpaired) electrons. The van der Waals surface area contributed by atoms with Crippen molar-refractivity contribution in [2.45, 2.75) is 12.5 Å². The number of urea groups is 1. The summed E-state index contributed by atoms with van der Waals surface area (Å²) in [5, 5.41) is 9.20. The summed E-state index contributed by atoms with van der Waals surface area (Å²) in [4.78, 5) is 11.7. The van der Waals surface area contributed by atoms with E-state index in [0.29, 0.717) is 5.92 Å². The zero-order valence-corrected chi connectivity index (χ0v) is 10.3. The molecule has 0 saturated carbocycles. The van der Waals surface area contributed by atoms with Crippen LogP contribution in [0.15, 0.2) is 18.2 Å². The molecular formula is C13H17N3O2. The summed E-state index contributed by atoms with van der Waals surface area (Å²) in [7, 11) is 1.63. The maximum absolute atomic E-state index is 11.7. The van der Waals surface area contributed by atoms with Crippen molar-refractivity contribution < 1.29 is 9.53 Å². The zero-order chi connectivity index (χ0) is 12.5. The third kappa shape index (κ3) is 1.90. The molecule has 0 spiro atoms. The van der Waals surface area contributed by atoms with E-state index in [9.17, 15) is 4.79 Å². The molecule has 5 heteroatoms. The summed E-state index contributed by atoms with van der Waals surface area (Å²) in [6.45, 7) is 1.98. The first-order valence-electron chi connectivity index (χ1n) is 6.24. The number of amides is 2. The second kappa shape index (κ2) is 4.49. The Bertz CT molecular complexity index is 469. The van der Waals surface area contributed by atoms with Crippen molar-refractivity contribution in [3.63, 3.8) is 0 Å². The summed E-state index contributed by atoms with van der Waals surface area (Å²) in [5.41, 5.74) is 2.00. The molecular weight excluding hydrogens is 230 g/mol. The maximum atomic E-state index is 11.7. The zero-order valence-electron chi connectivity index (χ0n) is 10.3. The largest absolute Gasteiger partial charge is 0.497 e.